The number of benzene rings is 1. The molecule has 3 aliphatic rings. The smallest absolute Gasteiger partial charge is 0.309 e. The van der Waals surface area contributed by atoms with E-state index in [1.807, 2.05) is 87.0 Å². The largest absolute Gasteiger partial charge is 0.462 e. The van der Waals surface area contributed by atoms with E-state index in [1.165, 1.54) is 7.11 Å². The Kier molecular flexibility index (Phi) is 21.7. The maximum Gasteiger partial charge on any atom is 0.309 e. The van der Waals surface area contributed by atoms with Gasteiger partial charge in [-0.1, -0.05) is 58.0 Å². The molecule has 2 N–H and O–H groups in total. The zero-order chi connectivity index (χ0) is 51.3. The predicted molar refractivity (Wildman–Crippen MR) is 262 cm³/mol. The van der Waals surface area contributed by atoms with Gasteiger partial charge in [0.1, 0.15) is 42.4 Å². The van der Waals surface area contributed by atoms with Crippen molar-refractivity contribution in [1.29, 1.82) is 0 Å². The maximum atomic E-state index is 14.2. The van der Waals surface area contributed by atoms with Crippen LogP contribution >= 0.6 is 0 Å². The van der Waals surface area contributed by atoms with E-state index in [-0.39, 0.29) is 56.0 Å². The zero-order valence-corrected chi connectivity index (χ0v) is 43.3. The van der Waals surface area contributed by atoms with Gasteiger partial charge in [-0.3, -0.25) is 19.4 Å². The molecule has 0 saturated carbocycles. The van der Waals surface area contributed by atoms with Crippen molar-refractivity contribution in [3.63, 3.8) is 0 Å². The Labute approximate surface area is 414 Å². The summed E-state index contributed by atoms with van der Waals surface area (Å²) in [7, 11) is 6.93. The number of aliphatic hydroxyl groups is 2. The van der Waals surface area contributed by atoms with Gasteiger partial charge in [-0.25, -0.2) is 0 Å². The lowest BCUT2D eigenvalue weighted by Crippen LogP contribution is -2.65. The van der Waals surface area contributed by atoms with E-state index in [4.69, 9.17) is 37.9 Å². The van der Waals surface area contributed by atoms with E-state index in [0.29, 0.717) is 32.4 Å². The van der Waals surface area contributed by atoms with Gasteiger partial charge in [-0.05, 0) is 97.3 Å². The third kappa shape index (κ3) is 15.3. The Morgan fingerprint density at radius 3 is 2.40 bits per heavy atom. The second kappa shape index (κ2) is 26.7. The first-order chi connectivity index (χ1) is 33.3. The average molecular weight is 984 g/mol. The van der Waals surface area contributed by atoms with Crippen LogP contribution in [0.5, 0.6) is 0 Å². The molecule has 2 aromatic rings. The first-order valence-electron chi connectivity index (χ1n) is 25.2. The lowest BCUT2D eigenvalue weighted by molar-refractivity contribution is -0.341. The molecule has 3 fully saturated rings. The van der Waals surface area contributed by atoms with Crippen LogP contribution in [0, 0.1) is 17.8 Å². The number of aromatic nitrogens is 1. The fourth-order valence-electron chi connectivity index (χ4n) is 10.1. The standard InChI is InChI=1S/C53H81N3O14/c1-12-43(59)67-42-28-45(61)66-39(20-16-18-36-27-37-19-14-15-22-40(37)54-30-36)21-17-24-56(10)31-41(58)32(3)26-38(23-25-57)50(51(42)63-11)69-52-48(62)47(55(8)9)49(35(6)65-52)68-46-29-53(7,70-44(60)13-2)33(4)34(5)64-46/h14-16,18-19,22,25,27,30,32-35,38-39,41-42,46-52,58,62H,12-13,17,20-21,23-24,26,28-29,31H2,1-11H3/b18-16+/t32-,33+,34?,35?,38+,39+,41+,42-,46+,47?,48?,49-,50+,51+,52+,53?/m1/s1. The minimum atomic E-state index is -1.37. The molecular formula is C53H81N3O14. The van der Waals surface area contributed by atoms with Crippen molar-refractivity contribution in [3.05, 3.63) is 48.2 Å². The van der Waals surface area contributed by atoms with E-state index >= 15 is 0 Å². The van der Waals surface area contributed by atoms with E-state index in [2.05, 4.69) is 4.98 Å². The summed E-state index contributed by atoms with van der Waals surface area (Å²) in [4.78, 5) is 60.9. The fourth-order valence-corrected chi connectivity index (χ4v) is 10.1. The Hall–Kier alpha value is -3.91. The number of hydrogen-bond donors (Lipinski definition) is 2. The number of cyclic esters (lactones) is 1. The number of ether oxygens (including phenoxy) is 8. The summed E-state index contributed by atoms with van der Waals surface area (Å²) in [5.41, 5.74) is 0.908. The summed E-state index contributed by atoms with van der Waals surface area (Å²) < 4.78 is 50.8. The molecule has 5 rings (SSSR count). The topological polar surface area (TPSA) is 202 Å². The van der Waals surface area contributed by atoms with Crippen LogP contribution in [0.3, 0.4) is 0 Å². The van der Waals surface area contributed by atoms with Gasteiger partial charge in [-0.2, -0.15) is 0 Å². The second-order valence-electron chi connectivity index (χ2n) is 20.1. The number of likely N-dealkylation sites (N-methyl/N-ethyl adjacent to an activating group) is 2. The molecular weight excluding hydrogens is 903 g/mol. The Bertz CT molecular complexity index is 2020. The Balaban J connectivity index is 1.46. The molecule has 16 atom stereocenters. The van der Waals surface area contributed by atoms with Crippen molar-refractivity contribution in [3.8, 4) is 0 Å². The fraction of sp³-hybridized carbons (Fsp3) is 0.717. The third-order valence-electron chi connectivity index (χ3n) is 14.5. The van der Waals surface area contributed by atoms with Crippen molar-refractivity contribution >= 4 is 41.2 Å². The number of carbonyl (C=O) groups excluding carboxylic acids is 4. The number of fused-ring (bicyclic) bond motifs is 1. The first kappa shape index (κ1) is 57.0. The van der Waals surface area contributed by atoms with Crippen LogP contribution < -0.4 is 0 Å². The van der Waals surface area contributed by atoms with Gasteiger partial charge in [-0.15, -0.1) is 0 Å². The number of esters is 3. The molecule has 5 unspecified atom stereocenters. The van der Waals surface area contributed by atoms with Crippen LogP contribution in [0.1, 0.15) is 112 Å². The highest BCUT2D eigenvalue weighted by Gasteiger charge is 2.52. The molecule has 0 radical (unpaired) electrons. The van der Waals surface area contributed by atoms with Gasteiger partial charge < -0.3 is 62.7 Å². The monoisotopic (exact) mass is 984 g/mol. The SMILES string of the molecule is CCC(=O)O[C@@H]1CC(=O)O[C@@H](C/C=C/c2cnc3ccccc3c2)CCCN(C)C[C@H](O)[C@H](C)C[C@H](CC=O)[C@H](O[C@@H]2OC(C)[C@@H](O[C@H]3CC(C)(OC(=O)CC)[C@@H](C)C(C)O3)C(N(C)C)C2O)[C@H]1OC. The number of aliphatic hydroxyl groups excluding tert-OH is 2. The number of methoxy groups -OCH3 is 1. The van der Waals surface area contributed by atoms with Gasteiger partial charge in [0.05, 0.1) is 42.4 Å². The number of para-hydroxylation sites is 1. The van der Waals surface area contributed by atoms with Gasteiger partial charge >= 0.3 is 17.9 Å². The Morgan fingerprint density at radius 1 is 0.986 bits per heavy atom. The van der Waals surface area contributed by atoms with Crippen LogP contribution in [0.4, 0.5) is 0 Å². The van der Waals surface area contributed by atoms with E-state index in [0.717, 1.165) is 22.8 Å². The van der Waals surface area contributed by atoms with Crippen LogP contribution in [0.25, 0.3) is 17.0 Å². The van der Waals surface area contributed by atoms with E-state index < -0.39 is 97.3 Å². The quantitative estimate of drug-likeness (QED) is 0.122. The van der Waals surface area contributed by atoms with Crippen molar-refractivity contribution in [2.75, 3.05) is 41.3 Å². The summed E-state index contributed by atoms with van der Waals surface area (Å²) in [5, 5.41) is 25.0. The maximum absolute atomic E-state index is 14.2. The van der Waals surface area contributed by atoms with Crippen LogP contribution in [0.15, 0.2) is 42.6 Å². The highest BCUT2D eigenvalue weighted by atomic mass is 16.7. The second-order valence-corrected chi connectivity index (χ2v) is 20.1. The minimum absolute atomic E-state index is 0.00444. The molecule has 0 aliphatic carbocycles. The van der Waals surface area contributed by atoms with Crippen LogP contribution in [-0.4, -0.2) is 170 Å². The number of aldehydes is 1. The minimum Gasteiger partial charge on any atom is -0.462 e. The van der Waals surface area contributed by atoms with Crippen LogP contribution in [-0.2, 0) is 57.1 Å². The molecule has 3 aliphatic heterocycles. The zero-order valence-electron chi connectivity index (χ0n) is 43.3. The molecule has 3 saturated heterocycles. The molecule has 0 amide bonds. The predicted octanol–water partition coefficient (Wildman–Crippen LogP) is 5.88. The van der Waals surface area contributed by atoms with Gasteiger partial charge in [0.2, 0.25) is 0 Å². The Morgan fingerprint density at radius 2 is 1.71 bits per heavy atom. The summed E-state index contributed by atoms with van der Waals surface area (Å²) in [6.07, 6.45) is -1.99. The first-order valence-corrected chi connectivity index (χ1v) is 25.2. The third-order valence-corrected chi connectivity index (χ3v) is 14.5. The molecule has 392 valence electrons. The lowest BCUT2D eigenvalue weighted by Gasteiger charge is -2.51. The number of pyridine rings is 1. The van der Waals surface area contributed by atoms with E-state index in [9.17, 15) is 29.4 Å². The molecule has 70 heavy (non-hydrogen) atoms. The normalized spacial score (nSPS) is 35.6. The highest BCUT2D eigenvalue weighted by molar-refractivity contribution is 5.80. The number of carbonyl (C=O) groups is 4. The number of rotatable bonds is 15. The summed E-state index contributed by atoms with van der Waals surface area (Å²) in [6, 6.07) is 9.16. The number of nitrogens with zero attached hydrogens (tertiary/aromatic N) is 3. The highest BCUT2D eigenvalue weighted by Crippen LogP contribution is 2.40. The summed E-state index contributed by atoms with van der Waals surface area (Å²) >= 11 is 0. The molecule has 0 bridgehead atoms. The number of β-amino-alcohol motifs (C(OH)–C–C–N with tert-alkyl or cyclic N) is 1. The molecule has 17 heteroatoms. The lowest BCUT2D eigenvalue weighted by atomic mass is 9.81. The molecule has 17 nitrogen and oxygen atoms in total. The van der Waals surface area contributed by atoms with Crippen molar-refractivity contribution < 1.29 is 67.3 Å². The average Bonchev–Trinajstić information content (AvgIpc) is 3.31. The van der Waals surface area contributed by atoms with Crippen molar-refractivity contribution in [2.24, 2.45) is 17.8 Å². The van der Waals surface area contributed by atoms with Gasteiger partial charge in [0.15, 0.2) is 12.6 Å². The molecule has 4 heterocycles. The molecule has 1 aromatic heterocycles. The van der Waals surface area contributed by atoms with Crippen LogP contribution in [0.2, 0.25) is 0 Å². The molecule has 0 spiro atoms. The van der Waals surface area contributed by atoms with Crippen molar-refractivity contribution in [2.45, 2.75) is 185 Å². The summed E-state index contributed by atoms with van der Waals surface area (Å²) in [6.45, 7) is 13.8. The molecule has 1 aromatic carbocycles. The van der Waals surface area contributed by atoms with Gasteiger partial charge in [0, 0.05) is 63.3 Å². The summed E-state index contributed by atoms with van der Waals surface area (Å²) in [5.74, 6) is -2.73. The van der Waals surface area contributed by atoms with Gasteiger partial charge in [0.25, 0.3) is 0 Å². The van der Waals surface area contributed by atoms with Crippen molar-refractivity contribution in [1.82, 2.24) is 14.8 Å². The number of hydrogen-bond acceptors (Lipinski definition) is 17. The van der Waals surface area contributed by atoms with E-state index in [1.54, 1.807) is 41.1 Å².